The molecular weight excluding hydrogens is 337 g/mol. The number of halogens is 1. The van der Waals surface area contributed by atoms with Gasteiger partial charge < -0.3 is 4.57 Å². The van der Waals surface area contributed by atoms with Gasteiger partial charge in [-0.05, 0) is 43.7 Å². The molecule has 2 aromatic carbocycles. The Hall–Kier alpha value is -2.47. The molecule has 0 aliphatic rings. The molecule has 0 radical (unpaired) electrons. The van der Waals surface area contributed by atoms with Crippen LogP contribution in [0.25, 0.3) is 11.4 Å². The number of hydrogen-bond acceptors (Lipinski definition) is 4. The van der Waals surface area contributed by atoms with Gasteiger partial charge in [-0.25, -0.2) is 4.39 Å². The maximum absolute atomic E-state index is 13.0. The van der Waals surface area contributed by atoms with E-state index in [0.29, 0.717) is 17.3 Å². The molecule has 0 saturated heterocycles. The molecule has 25 heavy (non-hydrogen) atoms. The maximum atomic E-state index is 13.0. The lowest BCUT2D eigenvalue weighted by Crippen LogP contribution is -2.05. The summed E-state index contributed by atoms with van der Waals surface area (Å²) in [5.74, 6) is 0.626. The molecule has 0 spiro atoms. The number of thioether (sulfide) groups is 1. The molecule has 3 rings (SSSR count). The van der Waals surface area contributed by atoms with Crippen molar-refractivity contribution in [1.29, 1.82) is 0 Å². The first kappa shape index (κ1) is 17.4. The molecule has 128 valence electrons. The van der Waals surface area contributed by atoms with Crippen LogP contribution in [0.1, 0.15) is 22.8 Å². The zero-order chi connectivity index (χ0) is 17.8. The second-order valence-corrected chi connectivity index (χ2v) is 6.53. The smallest absolute Gasteiger partial charge is 0.191 e. The van der Waals surface area contributed by atoms with Gasteiger partial charge in [0.15, 0.2) is 16.8 Å². The molecule has 0 atom stereocenters. The predicted molar refractivity (Wildman–Crippen MR) is 97.3 cm³/mol. The number of aromatic nitrogens is 3. The van der Waals surface area contributed by atoms with Gasteiger partial charge in [-0.2, -0.15) is 0 Å². The summed E-state index contributed by atoms with van der Waals surface area (Å²) in [6.45, 7) is 4.77. The van der Waals surface area contributed by atoms with Crippen LogP contribution in [-0.2, 0) is 6.54 Å². The Morgan fingerprint density at radius 1 is 1.12 bits per heavy atom. The van der Waals surface area contributed by atoms with Crippen molar-refractivity contribution in [3.63, 3.8) is 0 Å². The van der Waals surface area contributed by atoms with Gasteiger partial charge in [0.25, 0.3) is 0 Å². The molecule has 1 heterocycles. The molecule has 0 bridgehead atoms. The molecule has 0 aliphatic heterocycles. The van der Waals surface area contributed by atoms with Gasteiger partial charge in [0.05, 0.1) is 5.75 Å². The van der Waals surface area contributed by atoms with Crippen molar-refractivity contribution in [2.75, 3.05) is 5.75 Å². The number of hydrogen-bond donors (Lipinski definition) is 0. The number of carbonyl (C=O) groups is 1. The fourth-order valence-corrected chi connectivity index (χ4v) is 3.45. The summed E-state index contributed by atoms with van der Waals surface area (Å²) in [6, 6.07) is 13.6. The average molecular weight is 355 g/mol. The Morgan fingerprint density at radius 3 is 2.52 bits per heavy atom. The van der Waals surface area contributed by atoms with E-state index in [0.717, 1.165) is 17.0 Å². The van der Waals surface area contributed by atoms with Crippen LogP contribution in [0.5, 0.6) is 0 Å². The highest BCUT2D eigenvalue weighted by Gasteiger charge is 2.16. The predicted octanol–water partition coefficient (Wildman–Crippen LogP) is 4.39. The van der Waals surface area contributed by atoms with Crippen molar-refractivity contribution in [3.05, 3.63) is 65.5 Å². The zero-order valence-corrected chi connectivity index (χ0v) is 14.9. The SMILES string of the molecule is CCn1c(SCC(=O)c2ccc(F)cc2)nnc1-c1ccccc1C. The Morgan fingerprint density at radius 2 is 1.84 bits per heavy atom. The van der Waals surface area contributed by atoms with Crippen LogP contribution in [0.4, 0.5) is 4.39 Å². The summed E-state index contributed by atoms with van der Waals surface area (Å²) in [6.07, 6.45) is 0. The normalized spacial score (nSPS) is 10.8. The number of nitrogens with zero attached hydrogens (tertiary/aromatic N) is 3. The van der Waals surface area contributed by atoms with Gasteiger partial charge in [-0.15, -0.1) is 10.2 Å². The minimum Gasteiger partial charge on any atom is -0.302 e. The van der Waals surface area contributed by atoms with Gasteiger partial charge in [0.2, 0.25) is 0 Å². The van der Waals surface area contributed by atoms with Crippen LogP contribution in [-0.4, -0.2) is 26.3 Å². The van der Waals surface area contributed by atoms with E-state index in [2.05, 4.69) is 10.2 Å². The van der Waals surface area contributed by atoms with Crippen LogP contribution < -0.4 is 0 Å². The van der Waals surface area contributed by atoms with E-state index < -0.39 is 0 Å². The lowest BCUT2D eigenvalue weighted by Gasteiger charge is -2.09. The number of benzene rings is 2. The molecule has 3 aromatic rings. The second kappa shape index (κ2) is 7.61. The van der Waals surface area contributed by atoms with E-state index in [1.165, 1.54) is 36.0 Å². The molecule has 0 saturated carbocycles. The van der Waals surface area contributed by atoms with E-state index in [1.54, 1.807) is 0 Å². The van der Waals surface area contributed by atoms with Crippen LogP contribution in [0.3, 0.4) is 0 Å². The quantitative estimate of drug-likeness (QED) is 0.486. The Labute approximate surface area is 150 Å². The number of Topliss-reactive ketones (excluding diaryl/α,β-unsaturated/α-hetero) is 1. The molecule has 6 heteroatoms. The third-order valence-corrected chi connectivity index (χ3v) is 4.88. The van der Waals surface area contributed by atoms with E-state index in [-0.39, 0.29) is 17.4 Å². The standard InChI is InChI=1S/C19H18FN3OS/c1-3-23-18(16-7-5-4-6-13(16)2)21-22-19(23)25-12-17(24)14-8-10-15(20)11-9-14/h4-11H,3,12H2,1-2H3. The van der Waals surface area contributed by atoms with Crippen molar-refractivity contribution in [2.45, 2.75) is 25.5 Å². The number of carbonyl (C=O) groups excluding carboxylic acids is 1. The molecule has 1 aromatic heterocycles. The van der Waals surface area contributed by atoms with Crippen molar-refractivity contribution >= 4 is 17.5 Å². The highest BCUT2D eigenvalue weighted by atomic mass is 32.2. The summed E-state index contributed by atoms with van der Waals surface area (Å²) in [5, 5.41) is 9.26. The van der Waals surface area contributed by atoms with Gasteiger partial charge >= 0.3 is 0 Å². The van der Waals surface area contributed by atoms with E-state index >= 15 is 0 Å². The van der Waals surface area contributed by atoms with E-state index in [4.69, 9.17) is 0 Å². The molecule has 4 nitrogen and oxygen atoms in total. The van der Waals surface area contributed by atoms with Crippen molar-refractivity contribution in [3.8, 4) is 11.4 Å². The summed E-state index contributed by atoms with van der Waals surface area (Å²) in [7, 11) is 0. The molecule has 0 N–H and O–H groups in total. The van der Waals surface area contributed by atoms with Crippen LogP contribution >= 0.6 is 11.8 Å². The Kier molecular flexibility index (Phi) is 5.28. The molecule has 0 amide bonds. The average Bonchev–Trinajstić information content (AvgIpc) is 3.03. The van der Waals surface area contributed by atoms with Crippen LogP contribution in [0.15, 0.2) is 53.7 Å². The van der Waals surface area contributed by atoms with E-state index in [9.17, 15) is 9.18 Å². The Bertz CT molecular complexity index is 890. The second-order valence-electron chi connectivity index (χ2n) is 5.58. The minimum absolute atomic E-state index is 0.0619. The zero-order valence-electron chi connectivity index (χ0n) is 14.1. The fraction of sp³-hybridized carbons (Fsp3) is 0.211. The maximum Gasteiger partial charge on any atom is 0.191 e. The lowest BCUT2D eigenvalue weighted by atomic mass is 10.1. The summed E-state index contributed by atoms with van der Waals surface area (Å²) in [5.41, 5.74) is 2.66. The van der Waals surface area contributed by atoms with Gasteiger partial charge in [-0.3, -0.25) is 4.79 Å². The molecule has 0 aliphatic carbocycles. The van der Waals surface area contributed by atoms with Gasteiger partial charge in [0, 0.05) is 17.7 Å². The third kappa shape index (κ3) is 3.79. The van der Waals surface area contributed by atoms with Gasteiger partial charge in [-0.1, -0.05) is 36.0 Å². The fourth-order valence-electron chi connectivity index (χ4n) is 2.55. The topological polar surface area (TPSA) is 47.8 Å². The molecule has 0 unspecified atom stereocenters. The monoisotopic (exact) mass is 355 g/mol. The van der Waals surface area contributed by atoms with Crippen LogP contribution in [0.2, 0.25) is 0 Å². The number of ketones is 1. The summed E-state index contributed by atoms with van der Waals surface area (Å²) >= 11 is 1.35. The van der Waals surface area contributed by atoms with Crippen molar-refractivity contribution < 1.29 is 9.18 Å². The van der Waals surface area contributed by atoms with E-state index in [1.807, 2.05) is 42.7 Å². The Balaban J connectivity index is 1.78. The third-order valence-electron chi connectivity index (χ3n) is 3.92. The lowest BCUT2D eigenvalue weighted by molar-refractivity contribution is 0.102. The molecule has 0 fully saturated rings. The van der Waals surface area contributed by atoms with Crippen LogP contribution in [0, 0.1) is 12.7 Å². The largest absolute Gasteiger partial charge is 0.302 e. The minimum atomic E-state index is -0.349. The van der Waals surface area contributed by atoms with Crippen molar-refractivity contribution in [1.82, 2.24) is 14.8 Å². The first-order chi connectivity index (χ1) is 12.1. The summed E-state index contributed by atoms with van der Waals surface area (Å²) < 4.78 is 15.0. The number of rotatable bonds is 6. The van der Waals surface area contributed by atoms with Gasteiger partial charge in [0.1, 0.15) is 5.82 Å². The number of aryl methyl sites for hydroxylation is 1. The highest BCUT2D eigenvalue weighted by molar-refractivity contribution is 7.99. The first-order valence-electron chi connectivity index (χ1n) is 8.01. The first-order valence-corrected chi connectivity index (χ1v) is 8.99. The molecular formula is C19H18FN3OS. The highest BCUT2D eigenvalue weighted by Crippen LogP contribution is 2.26. The summed E-state index contributed by atoms with van der Waals surface area (Å²) in [4.78, 5) is 12.3. The van der Waals surface area contributed by atoms with Crippen molar-refractivity contribution in [2.24, 2.45) is 0 Å².